The minimum Gasteiger partial charge on any atom is -0.340 e. The normalized spacial score (nSPS) is 12.2. The molecule has 0 aliphatic rings. The summed E-state index contributed by atoms with van der Waals surface area (Å²) in [6, 6.07) is 0. The molecule has 0 aromatic rings. The molecular weight excluding hydrogens is 211 g/mol. The predicted octanol–water partition coefficient (Wildman–Crippen LogP) is 3.98. The van der Waals surface area contributed by atoms with E-state index in [1.54, 1.807) is 0 Å². The number of ether oxygens (including phenoxy) is 2. The summed E-state index contributed by atoms with van der Waals surface area (Å²) in [5, 5.41) is 0. The lowest BCUT2D eigenvalue weighted by atomic mass is 10.3. The number of hydrogen-bond donors (Lipinski definition) is 0. The Balaban J connectivity index is 3.99. The van der Waals surface area contributed by atoms with Gasteiger partial charge in [0.25, 0.3) is 5.53 Å². The molecule has 0 rings (SSSR count). The Morgan fingerprint density at radius 1 is 1.00 bits per heavy atom. The fourth-order valence-corrected chi connectivity index (χ4v) is 1.53. The third-order valence-electron chi connectivity index (χ3n) is 2.24. The van der Waals surface area contributed by atoms with Gasteiger partial charge in [-0.25, -0.2) is 0 Å². The van der Waals surface area contributed by atoms with Crippen molar-refractivity contribution in [3.63, 3.8) is 0 Å². The average molecular weight is 234 g/mol. The first kappa shape index (κ1) is 15.0. The highest BCUT2D eigenvalue weighted by atomic mass is 31.1. The van der Waals surface area contributed by atoms with Crippen LogP contribution in [-0.4, -0.2) is 18.7 Å². The average Bonchev–Trinajstić information content (AvgIpc) is 2.28. The molecule has 0 radical (unpaired) electrons. The SMILES string of the molecule is CCCCOC(CC)(OCCCC)P=O. The number of hydrogen-bond acceptors (Lipinski definition) is 3. The van der Waals surface area contributed by atoms with Crippen molar-refractivity contribution in [2.45, 2.75) is 58.4 Å². The molecule has 0 spiro atoms. The Hall–Kier alpha value is 0.0200. The molecule has 0 saturated heterocycles. The van der Waals surface area contributed by atoms with Crippen LogP contribution < -0.4 is 0 Å². The molecule has 0 bridgehead atoms. The second kappa shape index (κ2) is 9.26. The molecule has 0 N–H and O–H groups in total. The van der Waals surface area contributed by atoms with Crippen molar-refractivity contribution in [3.8, 4) is 0 Å². The van der Waals surface area contributed by atoms with Gasteiger partial charge in [0.2, 0.25) is 8.46 Å². The van der Waals surface area contributed by atoms with Crippen LogP contribution in [0.15, 0.2) is 0 Å². The van der Waals surface area contributed by atoms with Crippen LogP contribution in [0.4, 0.5) is 0 Å². The Morgan fingerprint density at radius 3 is 1.73 bits per heavy atom. The molecule has 0 aromatic heterocycles. The van der Waals surface area contributed by atoms with Gasteiger partial charge in [0.1, 0.15) is 0 Å². The Morgan fingerprint density at radius 2 is 1.47 bits per heavy atom. The van der Waals surface area contributed by atoms with Crippen LogP contribution >= 0.6 is 8.46 Å². The minimum atomic E-state index is -0.898. The van der Waals surface area contributed by atoms with Crippen molar-refractivity contribution in [3.05, 3.63) is 0 Å². The second-order valence-electron chi connectivity index (χ2n) is 3.56. The molecular formula is C11H23O3P. The van der Waals surface area contributed by atoms with Gasteiger partial charge in [-0.05, 0) is 12.8 Å². The van der Waals surface area contributed by atoms with Gasteiger partial charge in [-0.15, -0.1) is 0 Å². The first-order valence-electron chi connectivity index (χ1n) is 5.87. The van der Waals surface area contributed by atoms with E-state index < -0.39 is 5.53 Å². The van der Waals surface area contributed by atoms with Gasteiger partial charge in [-0.3, -0.25) is 4.57 Å². The highest BCUT2D eigenvalue weighted by Gasteiger charge is 2.30. The van der Waals surface area contributed by atoms with E-state index in [-0.39, 0.29) is 8.46 Å². The zero-order valence-electron chi connectivity index (χ0n) is 10.1. The zero-order chi connectivity index (χ0) is 11.6. The monoisotopic (exact) mass is 234 g/mol. The molecule has 0 aliphatic carbocycles. The van der Waals surface area contributed by atoms with Gasteiger partial charge in [-0.1, -0.05) is 33.6 Å². The van der Waals surface area contributed by atoms with Crippen LogP contribution in [0.2, 0.25) is 0 Å². The van der Waals surface area contributed by atoms with E-state index in [2.05, 4.69) is 13.8 Å². The molecule has 0 amide bonds. The topological polar surface area (TPSA) is 35.5 Å². The third-order valence-corrected chi connectivity index (χ3v) is 3.09. The minimum absolute atomic E-state index is 0.0645. The van der Waals surface area contributed by atoms with Crippen molar-refractivity contribution in [1.29, 1.82) is 0 Å². The van der Waals surface area contributed by atoms with Crippen molar-refractivity contribution < 1.29 is 14.0 Å². The molecule has 0 saturated carbocycles. The van der Waals surface area contributed by atoms with Gasteiger partial charge in [-0.2, -0.15) is 0 Å². The van der Waals surface area contributed by atoms with Gasteiger partial charge in [0.05, 0.1) is 13.2 Å². The molecule has 0 fully saturated rings. The molecule has 3 nitrogen and oxygen atoms in total. The van der Waals surface area contributed by atoms with E-state index >= 15 is 0 Å². The summed E-state index contributed by atoms with van der Waals surface area (Å²) in [5.41, 5.74) is -0.898. The van der Waals surface area contributed by atoms with E-state index in [4.69, 9.17) is 9.47 Å². The Labute approximate surface area is 94.7 Å². The van der Waals surface area contributed by atoms with E-state index in [0.29, 0.717) is 19.6 Å². The van der Waals surface area contributed by atoms with Crippen molar-refractivity contribution in [2.75, 3.05) is 13.2 Å². The van der Waals surface area contributed by atoms with Crippen LogP contribution in [-0.2, 0) is 14.0 Å². The Bertz CT molecular complexity index is 152. The fourth-order valence-electron chi connectivity index (χ4n) is 1.12. The first-order valence-corrected chi connectivity index (χ1v) is 6.68. The second-order valence-corrected chi connectivity index (χ2v) is 4.43. The lowest BCUT2D eigenvalue weighted by Crippen LogP contribution is -2.29. The first-order chi connectivity index (χ1) is 7.24. The highest BCUT2D eigenvalue weighted by Crippen LogP contribution is 2.30. The maximum atomic E-state index is 11.1. The van der Waals surface area contributed by atoms with Crippen LogP contribution in [0.5, 0.6) is 0 Å². The lowest BCUT2D eigenvalue weighted by molar-refractivity contribution is -0.177. The van der Waals surface area contributed by atoms with Gasteiger partial charge in [0, 0.05) is 6.42 Å². The van der Waals surface area contributed by atoms with Crippen LogP contribution in [0.25, 0.3) is 0 Å². The van der Waals surface area contributed by atoms with E-state index in [9.17, 15) is 4.57 Å². The smallest absolute Gasteiger partial charge is 0.251 e. The summed E-state index contributed by atoms with van der Waals surface area (Å²) in [6.45, 7) is 7.37. The lowest BCUT2D eigenvalue weighted by Gasteiger charge is -2.25. The van der Waals surface area contributed by atoms with Crippen molar-refractivity contribution >= 4 is 8.46 Å². The highest BCUT2D eigenvalue weighted by molar-refractivity contribution is 7.25. The van der Waals surface area contributed by atoms with Crippen LogP contribution in [0.1, 0.15) is 52.9 Å². The third kappa shape index (κ3) is 6.24. The van der Waals surface area contributed by atoms with E-state index in [1.807, 2.05) is 6.92 Å². The summed E-state index contributed by atoms with van der Waals surface area (Å²) in [4.78, 5) is 0. The number of unbranched alkanes of at least 4 members (excludes halogenated alkanes) is 2. The summed E-state index contributed by atoms with van der Waals surface area (Å²) in [7, 11) is -0.0645. The quantitative estimate of drug-likeness (QED) is 0.326. The molecule has 0 aliphatic heterocycles. The fraction of sp³-hybridized carbons (Fsp3) is 1.00. The molecule has 4 heteroatoms. The Kier molecular flexibility index (Phi) is 9.27. The predicted molar refractivity (Wildman–Crippen MR) is 62.3 cm³/mol. The van der Waals surface area contributed by atoms with Gasteiger partial charge in [0.15, 0.2) is 0 Å². The van der Waals surface area contributed by atoms with Crippen LogP contribution in [0.3, 0.4) is 0 Å². The molecule has 0 aromatic carbocycles. The maximum Gasteiger partial charge on any atom is 0.251 e. The van der Waals surface area contributed by atoms with E-state index in [0.717, 1.165) is 25.7 Å². The van der Waals surface area contributed by atoms with Crippen molar-refractivity contribution in [2.24, 2.45) is 0 Å². The molecule has 0 heterocycles. The zero-order valence-corrected chi connectivity index (χ0v) is 11.0. The van der Waals surface area contributed by atoms with Crippen LogP contribution in [0, 0.1) is 0 Å². The maximum absolute atomic E-state index is 11.1. The molecule has 15 heavy (non-hydrogen) atoms. The van der Waals surface area contributed by atoms with E-state index in [1.165, 1.54) is 0 Å². The summed E-state index contributed by atoms with van der Waals surface area (Å²) in [5.74, 6) is 0. The molecule has 0 atom stereocenters. The molecule has 0 unspecified atom stereocenters. The molecule has 90 valence electrons. The number of rotatable bonds is 10. The van der Waals surface area contributed by atoms with Crippen molar-refractivity contribution in [1.82, 2.24) is 0 Å². The standard InChI is InChI=1S/C11H23O3P/c1-4-7-9-13-11(6-3,15-12)14-10-8-5-2/h4-10H2,1-3H3. The summed E-state index contributed by atoms with van der Waals surface area (Å²) < 4.78 is 22.2. The largest absolute Gasteiger partial charge is 0.340 e. The van der Waals surface area contributed by atoms with Gasteiger partial charge >= 0.3 is 0 Å². The van der Waals surface area contributed by atoms with Gasteiger partial charge < -0.3 is 9.47 Å². The summed E-state index contributed by atoms with van der Waals surface area (Å²) in [6.07, 6.45) is 4.73. The summed E-state index contributed by atoms with van der Waals surface area (Å²) >= 11 is 0.